The number of amides is 1. The molecular weight excluding hydrogens is 399 g/mol. The zero-order valence-electron chi connectivity index (χ0n) is 16.7. The first-order valence-corrected chi connectivity index (χ1v) is 9.72. The first-order valence-electron chi connectivity index (χ1n) is 8.97. The number of ether oxygens (including phenoxy) is 1. The van der Waals surface area contributed by atoms with Gasteiger partial charge >= 0.3 is 0 Å². The molecule has 0 radical (unpaired) electrons. The first-order chi connectivity index (χ1) is 13.3. The first kappa shape index (κ1) is 24.0. The number of methoxy groups -OCH3 is 1. The number of nitrogens with one attached hydrogen (secondary N) is 4. The Morgan fingerprint density at radius 1 is 1.25 bits per heavy atom. The number of rotatable bonds is 11. The van der Waals surface area contributed by atoms with E-state index < -0.39 is 5.91 Å². The van der Waals surface area contributed by atoms with Crippen molar-refractivity contribution in [1.82, 2.24) is 16.0 Å². The van der Waals surface area contributed by atoms with Crippen molar-refractivity contribution in [3.63, 3.8) is 0 Å². The van der Waals surface area contributed by atoms with Gasteiger partial charge in [0.25, 0.3) is 5.91 Å². The van der Waals surface area contributed by atoms with Crippen molar-refractivity contribution in [2.75, 3.05) is 20.3 Å². The molecule has 1 aromatic carbocycles. The fraction of sp³-hybridized carbons (Fsp3) is 0.400. The van der Waals surface area contributed by atoms with Crippen LogP contribution in [0.15, 0.2) is 41.4 Å². The third kappa shape index (κ3) is 7.92. The second kappa shape index (κ2) is 12.4. The van der Waals surface area contributed by atoms with Gasteiger partial charge in [0.2, 0.25) is 0 Å². The molecule has 0 bridgehead atoms. The van der Waals surface area contributed by atoms with Gasteiger partial charge in [0, 0.05) is 26.4 Å². The second-order valence-electron chi connectivity index (χ2n) is 6.21. The maximum atomic E-state index is 12.5. The molecule has 0 aromatic heterocycles. The lowest BCUT2D eigenvalue weighted by Crippen LogP contribution is -2.37. The van der Waals surface area contributed by atoms with Crippen LogP contribution in [0, 0.1) is 5.41 Å². The van der Waals surface area contributed by atoms with Gasteiger partial charge in [0.05, 0.1) is 16.7 Å². The average Bonchev–Trinajstić information content (AvgIpc) is 2.69. The van der Waals surface area contributed by atoms with Crippen LogP contribution in [0.2, 0.25) is 10.0 Å². The minimum absolute atomic E-state index is 0.109. The number of benzene rings is 1. The SMILES string of the molecule is CC/C(C)=C(/NCc1ccc(Cl)c(Cl)c1)NC(=O)C(=N)/C(C)=C\NCCOC. The van der Waals surface area contributed by atoms with E-state index in [4.69, 9.17) is 33.3 Å². The Morgan fingerprint density at radius 3 is 2.57 bits per heavy atom. The normalized spacial score (nSPS) is 12.3. The molecule has 0 aliphatic heterocycles. The van der Waals surface area contributed by atoms with E-state index in [0.29, 0.717) is 41.1 Å². The van der Waals surface area contributed by atoms with E-state index in [1.54, 1.807) is 32.4 Å². The smallest absolute Gasteiger partial charge is 0.274 e. The lowest BCUT2D eigenvalue weighted by Gasteiger charge is -2.16. The number of allylic oxidation sites excluding steroid dienone is 1. The van der Waals surface area contributed by atoms with Gasteiger partial charge in [0.15, 0.2) is 0 Å². The number of halogens is 2. The number of hydrogen-bond donors (Lipinski definition) is 4. The van der Waals surface area contributed by atoms with E-state index in [0.717, 1.165) is 17.6 Å². The quantitative estimate of drug-likeness (QED) is 0.318. The monoisotopic (exact) mass is 426 g/mol. The molecule has 0 saturated heterocycles. The van der Waals surface area contributed by atoms with Crippen molar-refractivity contribution < 1.29 is 9.53 Å². The predicted octanol–water partition coefficient (Wildman–Crippen LogP) is 4.00. The Kier molecular flexibility index (Phi) is 10.7. The summed E-state index contributed by atoms with van der Waals surface area (Å²) in [4.78, 5) is 12.5. The third-order valence-electron chi connectivity index (χ3n) is 4.04. The maximum Gasteiger partial charge on any atom is 0.274 e. The highest BCUT2D eigenvalue weighted by Crippen LogP contribution is 2.22. The highest BCUT2D eigenvalue weighted by Gasteiger charge is 2.14. The molecule has 1 aromatic rings. The molecule has 4 N–H and O–H groups in total. The van der Waals surface area contributed by atoms with E-state index in [1.165, 1.54) is 0 Å². The standard InChI is InChI=1S/C20H28Cl2N4O2/c1-5-13(2)19(25-12-15-6-7-16(21)17(22)10-15)26-20(27)18(23)14(3)11-24-8-9-28-4/h6-7,10-11,23-25H,5,8-9,12H2,1-4H3,(H,26,27)/b14-11-,19-13-,23-18?. The maximum absolute atomic E-state index is 12.5. The molecule has 0 unspecified atom stereocenters. The summed E-state index contributed by atoms with van der Waals surface area (Å²) in [5, 5.41) is 18.1. The Bertz CT molecular complexity index is 761. The molecule has 0 aliphatic rings. The summed E-state index contributed by atoms with van der Waals surface area (Å²) in [6, 6.07) is 5.37. The average molecular weight is 427 g/mol. The van der Waals surface area contributed by atoms with E-state index >= 15 is 0 Å². The van der Waals surface area contributed by atoms with E-state index in [-0.39, 0.29) is 5.71 Å². The van der Waals surface area contributed by atoms with Gasteiger partial charge in [-0.2, -0.15) is 0 Å². The van der Waals surface area contributed by atoms with Gasteiger partial charge in [0.1, 0.15) is 11.5 Å². The van der Waals surface area contributed by atoms with Crippen molar-refractivity contribution in [3.05, 3.63) is 57.0 Å². The zero-order valence-corrected chi connectivity index (χ0v) is 18.2. The summed E-state index contributed by atoms with van der Waals surface area (Å²) in [7, 11) is 1.61. The Hall–Kier alpha value is -2.02. The summed E-state index contributed by atoms with van der Waals surface area (Å²) in [5.41, 5.74) is 2.33. The Balaban J connectivity index is 2.76. The predicted molar refractivity (Wildman–Crippen MR) is 116 cm³/mol. The van der Waals surface area contributed by atoms with Crippen LogP contribution in [0.3, 0.4) is 0 Å². The fourth-order valence-electron chi connectivity index (χ4n) is 2.13. The van der Waals surface area contributed by atoms with Crippen LogP contribution in [-0.4, -0.2) is 31.9 Å². The van der Waals surface area contributed by atoms with Crippen LogP contribution in [0.25, 0.3) is 0 Å². The molecular formula is C20H28Cl2N4O2. The highest BCUT2D eigenvalue weighted by atomic mass is 35.5. The molecule has 0 atom stereocenters. The summed E-state index contributed by atoms with van der Waals surface area (Å²) in [6.45, 7) is 7.25. The number of carbonyl (C=O) groups is 1. The zero-order chi connectivity index (χ0) is 21.1. The van der Waals surface area contributed by atoms with Gasteiger partial charge in [-0.15, -0.1) is 0 Å². The minimum atomic E-state index is -0.480. The Labute approximate surface area is 176 Å². The topological polar surface area (TPSA) is 86.2 Å². The van der Waals surface area contributed by atoms with Crippen molar-refractivity contribution in [3.8, 4) is 0 Å². The molecule has 1 rings (SSSR count). The van der Waals surface area contributed by atoms with Gasteiger partial charge in [-0.05, 0) is 49.1 Å². The third-order valence-corrected chi connectivity index (χ3v) is 4.78. The fourth-order valence-corrected chi connectivity index (χ4v) is 2.45. The summed E-state index contributed by atoms with van der Waals surface area (Å²) >= 11 is 12.0. The van der Waals surface area contributed by atoms with E-state index in [2.05, 4.69) is 16.0 Å². The largest absolute Gasteiger partial charge is 0.388 e. The van der Waals surface area contributed by atoms with E-state index in [1.807, 2.05) is 19.9 Å². The van der Waals surface area contributed by atoms with Crippen molar-refractivity contribution >= 4 is 34.8 Å². The summed E-state index contributed by atoms with van der Waals surface area (Å²) in [5.74, 6) is 0.107. The number of carbonyl (C=O) groups excluding carboxylic acids is 1. The van der Waals surface area contributed by atoms with Gasteiger partial charge < -0.3 is 20.7 Å². The van der Waals surface area contributed by atoms with Gasteiger partial charge in [-0.25, -0.2) is 0 Å². The van der Waals surface area contributed by atoms with Crippen LogP contribution in [0.5, 0.6) is 0 Å². The van der Waals surface area contributed by atoms with Crippen LogP contribution >= 0.6 is 23.2 Å². The van der Waals surface area contributed by atoms with Crippen LogP contribution in [-0.2, 0) is 16.1 Å². The van der Waals surface area contributed by atoms with Crippen LogP contribution in [0.1, 0.15) is 32.8 Å². The van der Waals surface area contributed by atoms with Crippen LogP contribution in [0.4, 0.5) is 0 Å². The summed E-state index contributed by atoms with van der Waals surface area (Å²) in [6.07, 6.45) is 2.39. The molecule has 28 heavy (non-hydrogen) atoms. The summed E-state index contributed by atoms with van der Waals surface area (Å²) < 4.78 is 4.95. The molecule has 0 spiro atoms. The molecule has 0 saturated carbocycles. The van der Waals surface area contributed by atoms with E-state index in [9.17, 15) is 4.79 Å². The van der Waals surface area contributed by atoms with Crippen LogP contribution < -0.4 is 16.0 Å². The van der Waals surface area contributed by atoms with Crippen molar-refractivity contribution in [2.45, 2.75) is 33.7 Å². The molecule has 0 fully saturated rings. The lowest BCUT2D eigenvalue weighted by molar-refractivity contribution is -0.114. The molecule has 6 nitrogen and oxygen atoms in total. The molecule has 154 valence electrons. The van der Waals surface area contributed by atoms with Crippen molar-refractivity contribution in [2.24, 2.45) is 0 Å². The molecule has 8 heteroatoms. The van der Waals surface area contributed by atoms with Gasteiger partial charge in [-0.1, -0.05) is 36.2 Å². The molecule has 1 amide bonds. The van der Waals surface area contributed by atoms with Crippen molar-refractivity contribution in [1.29, 1.82) is 5.41 Å². The van der Waals surface area contributed by atoms with Gasteiger partial charge in [-0.3, -0.25) is 10.2 Å². The Morgan fingerprint density at radius 2 is 1.96 bits per heavy atom. The second-order valence-corrected chi connectivity index (χ2v) is 7.03. The minimum Gasteiger partial charge on any atom is -0.388 e. The lowest BCUT2D eigenvalue weighted by atomic mass is 10.1. The highest BCUT2D eigenvalue weighted by molar-refractivity contribution is 6.44. The molecule has 0 aliphatic carbocycles. The number of hydrogen-bond acceptors (Lipinski definition) is 5. The molecule has 0 heterocycles.